The molecule has 1 N–H and O–H groups in total. The van der Waals surface area contributed by atoms with Crippen LogP contribution >= 0.6 is 0 Å². The van der Waals surface area contributed by atoms with Gasteiger partial charge in [-0.1, -0.05) is 129 Å². The Morgan fingerprint density at radius 3 is 1.48 bits per heavy atom. The summed E-state index contributed by atoms with van der Waals surface area (Å²) in [4.78, 5) is 2.37. The van der Waals surface area contributed by atoms with Crippen LogP contribution < -0.4 is 10.2 Å². The molecule has 2 aliphatic rings. The van der Waals surface area contributed by atoms with Crippen LogP contribution in [0.5, 0.6) is 0 Å². The molecule has 9 rings (SSSR count). The summed E-state index contributed by atoms with van der Waals surface area (Å²) in [5.41, 5.74) is 15.8. The molecular weight excluding hydrogens is 581 g/mol. The first kappa shape index (κ1) is 28.4. The average Bonchev–Trinajstić information content (AvgIpc) is 3.43. The lowest BCUT2D eigenvalue weighted by molar-refractivity contribution is 0.563. The fourth-order valence-electron chi connectivity index (χ4n) is 8.40. The van der Waals surface area contributed by atoms with Gasteiger partial charge in [0.25, 0.3) is 0 Å². The van der Waals surface area contributed by atoms with Crippen LogP contribution in [0, 0.1) is 0 Å². The van der Waals surface area contributed by atoms with E-state index in [2.05, 4.69) is 194 Å². The highest BCUT2D eigenvalue weighted by Gasteiger charge is 2.53. The fourth-order valence-corrected chi connectivity index (χ4v) is 8.40. The highest BCUT2D eigenvalue weighted by Crippen LogP contribution is 2.62. The zero-order valence-electron chi connectivity index (χ0n) is 27.2. The largest absolute Gasteiger partial charge is 0.356 e. The summed E-state index contributed by atoms with van der Waals surface area (Å²) in [5.74, 6) is 0. The van der Waals surface area contributed by atoms with Crippen LogP contribution in [0.15, 0.2) is 176 Å². The predicted molar refractivity (Wildman–Crippen MR) is 200 cm³/mol. The van der Waals surface area contributed by atoms with Crippen LogP contribution in [-0.2, 0) is 10.8 Å². The molecule has 0 saturated heterocycles. The van der Waals surface area contributed by atoms with Crippen LogP contribution in [-0.4, -0.2) is 0 Å². The molecule has 0 aliphatic heterocycles. The van der Waals surface area contributed by atoms with E-state index in [4.69, 9.17) is 0 Å². The molecule has 0 aromatic heterocycles. The van der Waals surface area contributed by atoms with Gasteiger partial charge < -0.3 is 10.2 Å². The molecule has 2 aliphatic carbocycles. The molecule has 0 bridgehead atoms. The molecule has 7 aromatic rings. The Kier molecular flexibility index (Phi) is 6.42. The standard InChI is InChI=1S/C46H36N2/c1-45(2)41-21-11-13-23-43(41)46(44-24-14-12-22-42(44)45)39-20-10-9-19-37(39)38-31-36(29-30-40(38)46)48(34-17-7-4-8-18-34)35-27-25-33(26-28-35)47-32-15-5-3-6-16-32/h3-31,47H,1-2H3. The van der Waals surface area contributed by atoms with Crippen molar-refractivity contribution in [3.63, 3.8) is 0 Å². The molecule has 1 spiro atoms. The van der Waals surface area contributed by atoms with Crippen molar-refractivity contribution in [2.24, 2.45) is 0 Å². The number of anilines is 5. The van der Waals surface area contributed by atoms with Gasteiger partial charge in [-0.2, -0.15) is 0 Å². The maximum atomic E-state index is 3.53. The highest BCUT2D eigenvalue weighted by atomic mass is 15.1. The molecule has 0 radical (unpaired) electrons. The van der Waals surface area contributed by atoms with Crippen molar-refractivity contribution in [1.29, 1.82) is 0 Å². The van der Waals surface area contributed by atoms with Gasteiger partial charge in [0.05, 0.1) is 5.41 Å². The number of hydrogen-bond acceptors (Lipinski definition) is 2. The van der Waals surface area contributed by atoms with Gasteiger partial charge in [0.2, 0.25) is 0 Å². The lowest BCUT2D eigenvalue weighted by Gasteiger charge is -2.46. The molecule has 48 heavy (non-hydrogen) atoms. The number of fused-ring (bicyclic) bond motifs is 9. The predicted octanol–water partition coefficient (Wildman–Crippen LogP) is 11.9. The first-order valence-corrected chi connectivity index (χ1v) is 16.8. The lowest BCUT2D eigenvalue weighted by Crippen LogP contribution is -2.40. The summed E-state index contributed by atoms with van der Waals surface area (Å²) in [6.45, 7) is 4.75. The molecule has 0 unspecified atom stereocenters. The Morgan fingerprint density at radius 2 is 0.833 bits per heavy atom. The van der Waals surface area contributed by atoms with E-state index in [9.17, 15) is 0 Å². The Balaban J connectivity index is 1.24. The molecule has 0 atom stereocenters. The summed E-state index contributed by atoms with van der Waals surface area (Å²) in [5, 5.41) is 3.53. The minimum atomic E-state index is -0.393. The maximum absolute atomic E-state index is 3.53. The molecular formula is C46H36N2. The summed E-state index contributed by atoms with van der Waals surface area (Å²) < 4.78 is 0. The molecule has 0 fully saturated rings. The molecule has 0 saturated carbocycles. The fraction of sp³-hybridized carbons (Fsp3) is 0.0870. The van der Waals surface area contributed by atoms with Gasteiger partial charge in [-0.25, -0.2) is 0 Å². The molecule has 2 heteroatoms. The van der Waals surface area contributed by atoms with E-state index in [0.29, 0.717) is 0 Å². The van der Waals surface area contributed by atoms with Crippen LogP contribution in [0.2, 0.25) is 0 Å². The van der Waals surface area contributed by atoms with Crippen molar-refractivity contribution in [1.82, 2.24) is 0 Å². The van der Waals surface area contributed by atoms with E-state index in [1.165, 1.54) is 44.5 Å². The van der Waals surface area contributed by atoms with E-state index in [1.807, 2.05) is 6.07 Å². The minimum absolute atomic E-state index is 0.109. The number of nitrogens with zero attached hydrogens (tertiary/aromatic N) is 1. The Labute approximate surface area is 283 Å². The van der Waals surface area contributed by atoms with Crippen LogP contribution in [0.3, 0.4) is 0 Å². The summed E-state index contributed by atoms with van der Waals surface area (Å²) in [6, 6.07) is 64.2. The van der Waals surface area contributed by atoms with E-state index in [1.54, 1.807) is 0 Å². The van der Waals surface area contributed by atoms with E-state index >= 15 is 0 Å². The van der Waals surface area contributed by atoms with Crippen molar-refractivity contribution in [3.8, 4) is 11.1 Å². The highest BCUT2D eigenvalue weighted by molar-refractivity contribution is 5.91. The topological polar surface area (TPSA) is 15.3 Å². The average molecular weight is 617 g/mol. The smallest absolute Gasteiger partial charge is 0.0719 e. The second-order valence-corrected chi connectivity index (χ2v) is 13.5. The van der Waals surface area contributed by atoms with Crippen LogP contribution in [0.1, 0.15) is 47.2 Å². The van der Waals surface area contributed by atoms with Gasteiger partial charge in [-0.3, -0.25) is 0 Å². The third-order valence-corrected chi connectivity index (χ3v) is 10.5. The van der Waals surface area contributed by atoms with Gasteiger partial charge in [-0.05, 0) is 105 Å². The van der Waals surface area contributed by atoms with Gasteiger partial charge >= 0.3 is 0 Å². The Hall–Kier alpha value is -5.86. The van der Waals surface area contributed by atoms with Crippen molar-refractivity contribution in [2.75, 3.05) is 10.2 Å². The normalized spacial score (nSPS) is 14.4. The summed E-state index contributed by atoms with van der Waals surface area (Å²) in [7, 11) is 0. The van der Waals surface area contributed by atoms with E-state index in [0.717, 1.165) is 28.4 Å². The Morgan fingerprint density at radius 1 is 0.375 bits per heavy atom. The Bertz CT molecular complexity index is 2230. The van der Waals surface area contributed by atoms with Crippen molar-refractivity contribution in [2.45, 2.75) is 24.7 Å². The molecule has 7 aromatic carbocycles. The van der Waals surface area contributed by atoms with Crippen molar-refractivity contribution >= 4 is 28.4 Å². The van der Waals surface area contributed by atoms with Gasteiger partial charge in [-0.15, -0.1) is 0 Å². The number of rotatable bonds is 5. The van der Waals surface area contributed by atoms with E-state index < -0.39 is 5.41 Å². The van der Waals surface area contributed by atoms with Gasteiger partial charge in [0.15, 0.2) is 0 Å². The number of hydrogen-bond donors (Lipinski definition) is 1. The monoisotopic (exact) mass is 616 g/mol. The first-order valence-electron chi connectivity index (χ1n) is 16.8. The van der Waals surface area contributed by atoms with Gasteiger partial charge in [0.1, 0.15) is 0 Å². The third kappa shape index (κ3) is 4.12. The minimum Gasteiger partial charge on any atom is -0.356 e. The molecule has 230 valence electrons. The lowest BCUT2D eigenvalue weighted by atomic mass is 9.55. The second kappa shape index (κ2) is 10.9. The zero-order chi connectivity index (χ0) is 32.3. The quantitative estimate of drug-likeness (QED) is 0.207. The summed E-state index contributed by atoms with van der Waals surface area (Å²) >= 11 is 0. The second-order valence-electron chi connectivity index (χ2n) is 13.5. The van der Waals surface area contributed by atoms with Crippen LogP contribution in [0.4, 0.5) is 28.4 Å². The number of benzene rings is 7. The molecule has 0 heterocycles. The number of para-hydroxylation sites is 2. The summed E-state index contributed by atoms with van der Waals surface area (Å²) in [6.07, 6.45) is 0. The SMILES string of the molecule is CC1(C)c2ccccc2C2(c3ccccc3-c3cc(N(c4ccccc4)c4ccc(Nc5ccccc5)cc4)ccc32)c2ccccc21. The van der Waals surface area contributed by atoms with Crippen molar-refractivity contribution < 1.29 is 0 Å². The zero-order valence-corrected chi connectivity index (χ0v) is 27.2. The van der Waals surface area contributed by atoms with E-state index in [-0.39, 0.29) is 5.41 Å². The third-order valence-electron chi connectivity index (χ3n) is 10.5. The maximum Gasteiger partial charge on any atom is 0.0719 e. The van der Waals surface area contributed by atoms with Crippen LogP contribution in [0.25, 0.3) is 11.1 Å². The molecule has 0 amide bonds. The molecule has 2 nitrogen and oxygen atoms in total. The first-order chi connectivity index (χ1) is 23.6. The van der Waals surface area contributed by atoms with Crippen molar-refractivity contribution in [3.05, 3.63) is 209 Å². The van der Waals surface area contributed by atoms with Gasteiger partial charge in [0, 0.05) is 33.9 Å². The number of nitrogens with one attached hydrogen (secondary N) is 1.